The highest BCUT2D eigenvalue weighted by molar-refractivity contribution is 6.29. The molecule has 0 amide bonds. The van der Waals surface area contributed by atoms with E-state index in [1.165, 1.54) is 0 Å². The van der Waals surface area contributed by atoms with Gasteiger partial charge in [0.05, 0.1) is 11.0 Å². The maximum absolute atomic E-state index is 5.99. The first-order valence-electron chi connectivity index (χ1n) is 7.67. The molecule has 0 aliphatic carbocycles. The largest absolute Gasteiger partial charge is 0.487 e. The fourth-order valence-corrected chi connectivity index (χ4v) is 2.75. The SMILES string of the molecule is Cn1cc(-c2cnc3ccc(Cl)nc3c2)c(COc2ccncc2)n1. The summed E-state index contributed by atoms with van der Waals surface area (Å²) in [5.41, 5.74) is 4.24. The lowest BCUT2D eigenvalue weighted by Gasteiger charge is -2.06. The topological polar surface area (TPSA) is 65.7 Å². The number of aryl methyl sites for hydroxylation is 1. The molecule has 4 aromatic rings. The van der Waals surface area contributed by atoms with Crippen molar-refractivity contribution in [3.63, 3.8) is 0 Å². The van der Waals surface area contributed by atoms with Gasteiger partial charge in [-0.15, -0.1) is 0 Å². The van der Waals surface area contributed by atoms with Crippen molar-refractivity contribution in [2.75, 3.05) is 0 Å². The summed E-state index contributed by atoms with van der Waals surface area (Å²) in [5.74, 6) is 0.747. The number of rotatable bonds is 4. The first kappa shape index (κ1) is 15.5. The fraction of sp³-hybridized carbons (Fsp3) is 0.111. The van der Waals surface area contributed by atoms with Crippen LogP contribution in [0.4, 0.5) is 0 Å². The molecule has 4 aromatic heterocycles. The molecule has 0 radical (unpaired) electrons. The monoisotopic (exact) mass is 351 g/mol. The second-order valence-corrected chi connectivity index (χ2v) is 5.92. The van der Waals surface area contributed by atoms with Gasteiger partial charge in [-0.25, -0.2) is 4.98 Å². The zero-order valence-corrected chi connectivity index (χ0v) is 14.2. The van der Waals surface area contributed by atoms with Crippen LogP contribution in [0.1, 0.15) is 5.69 Å². The summed E-state index contributed by atoms with van der Waals surface area (Å²) in [5, 5.41) is 4.94. The van der Waals surface area contributed by atoms with Gasteiger partial charge >= 0.3 is 0 Å². The Hall–Kier alpha value is -2.99. The number of hydrogen-bond donors (Lipinski definition) is 0. The maximum Gasteiger partial charge on any atom is 0.133 e. The molecule has 124 valence electrons. The van der Waals surface area contributed by atoms with Crippen molar-refractivity contribution in [3.05, 3.63) is 66.0 Å². The van der Waals surface area contributed by atoms with Crippen LogP contribution in [0.5, 0.6) is 5.75 Å². The van der Waals surface area contributed by atoms with Crippen LogP contribution in [-0.2, 0) is 13.7 Å². The van der Waals surface area contributed by atoms with Gasteiger partial charge in [0.2, 0.25) is 0 Å². The van der Waals surface area contributed by atoms with Gasteiger partial charge in [-0.3, -0.25) is 14.6 Å². The molecular weight excluding hydrogens is 338 g/mol. The van der Waals surface area contributed by atoms with Crippen molar-refractivity contribution in [2.45, 2.75) is 6.61 Å². The number of fused-ring (bicyclic) bond motifs is 1. The Balaban J connectivity index is 1.68. The van der Waals surface area contributed by atoms with Gasteiger partial charge in [0, 0.05) is 43.0 Å². The number of nitrogens with zero attached hydrogens (tertiary/aromatic N) is 5. The molecule has 0 fully saturated rings. The van der Waals surface area contributed by atoms with Gasteiger partial charge in [-0.05, 0) is 30.3 Å². The van der Waals surface area contributed by atoms with Crippen molar-refractivity contribution >= 4 is 22.6 Å². The van der Waals surface area contributed by atoms with E-state index < -0.39 is 0 Å². The fourth-order valence-electron chi connectivity index (χ4n) is 2.60. The van der Waals surface area contributed by atoms with Gasteiger partial charge < -0.3 is 4.74 Å². The number of ether oxygens (including phenoxy) is 1. The molecule has 4 rings (SSSR count). The first-order chi connectivity index (χ1) is 12.2. The standard InChI is InChI=1S/C18H14ClN5O/c1-24-10-14(17(23-24)11-25-13-4-6-20-7-5-13)12-8-16-15(21-9-12)2-3-18(19)22-16/h2-10H,11H2,1H3. The minimum absolute atomic E-state index is 0.348. The van der Waals surface area contributed by atoms with Crippen molar-refractivity contribution in [1.82, 2.24) is 24.7 Å². The highest BCUT2D eigenvalue weighted by atomic mass is 35.5. The third-order valence-electron chi connectivity index (χ3n) is 3.74. The molecule has 6 nitrogen and oxygen atoms in total. The Morgan fingerprint density at radius 2 is 1.96 bits per heavy atom. The van der Waals surface area contributed by atoms with Gasteiger partial charge in [-0.1, -0.05) is 11.6 Å². The van der Waals surface area contributed by atoms with Crippen LogP contribution in [0.2, 0.25) is 5.15 Å². The predicted molar refractivity (Wildman–Crippen MR) is 95.3 cm³/mol. The Labute approximate surface area is 149 Å². The summed E-state index contributed by atoms with van der Waals surface area (Å²) >= 11 is 5.99. The quantitative estimate of drug-likeness (QED) is 0.525. The Bertz CT molecular complexity index is 1030. The van der Waals surface area contributed by atoms with Crippen LogP contribution in [0.3, 0.4) is 0 Å². The molecule has 0 saturated carbocycles. The smallest absolute Gasteiger partial charge is 0.133 e. The van der Waals surface area contributed by atoms with Crippen LogP contribution in [-0.4, -0.2) is 24.7 Å². The van der Waals surface area contributed by atoms with Crippen molar-refractivity contribution < 1.29 is 4.74 Å². The van der Waals surface area contributed by atoms with Gasteiger partial charge in [0.1, 0.15) is 23.2 Å². The highest BCUT2D eigenvalue weighted by Crippen LogP contribution is 2.26. The molecule has 0 spiro atoms. The highest BCUT2D eigenvalue weighted by Gasteiger charge is 2.12. The summed E-state index contributed by atoms with van der Waals surface area (Å²) in [6.07, 6.45) is 7.14. The van der Waals surface area contributed by atoms with Crippen LogP contribution in [0, 0.1) is 0 Å². The molecule has 0 atom stereocenters. The van der Waals surface area contributed by atoms with E-state index in [0.717, 1.165) is 33.6 Å². The summed E-state index contributed by atoms with van der Waals surface area (Å²) < 4.78 is 7.56. The Morgan fingerprint density at radius 1 is 1.12 bits per heavy atom. The second kappa shape index (κ2) is 6.49. The second-order valence-electron chi connectivity index (χ2n) is 5.53. The van der Waals surface area contributed by atoms with E-state index in [1.54, 1.807) is 23.1 Å². The molecule has 0 aromatic carbocycles. The van der Waals surface area contributed by atoms with E-state index in [4.69, 9.17) is 16.3 Å². The molecule has 4 heterocycles. The summed E-state index contributed by atoms with van der Waals surface area (Å²) in [7, 11) is 1.88. The van der Waals surface area contributed by atoms with E-state index >= 15 is 0 Å². The third kappa shape index (κ3) is 3.29. The van der Waals surface area contributed by atoms with Crippen LogP contribution in [0.25, 0.3) is 22.2 Å². The minimum atomic E-state index is 0.348. The average Bonchev–Trinajstić information content (AvgIpc) is 3.01. The van der Waals surface area contributed by atoms with Gasteiger partial charge in [-0.2, -0.15) is 5.10 Å². The molecule has 25 heavy (non-hydrogen) atoms. The normalized spacial score (nSPS) is 11.0. The van der Waals surface area contributed by atoms with Crippen LogP contribution < -0.4 is 4.74 Å². The minimum Gasteiger partial charge on any atom is -0.487 e. The molecular formula is C18H14ClN5O. The molecule has 0 unspecified atom stereocenters. The lowest BCUT2D eigenvalue weighted by Crippen LogP contribution is -1.99. The first-order valence-corrected chi connectivity index (χ1v) is 8.05. The zero-order chi connectivity index (χ0) is 17.2. The predicted octanol–water partition coefficient (Wildman–Crippen LogP) is 3.66. The van der Waals surface area contributed by atoms with Crippen molar-refractivity contribution in [3.8, 4) is 16.9 Å². The van der Waals surface area contributed by atoms with Crippen molar-refractivity contribution in [1.29, 1.82) is 0 Å². The molecule has 0 bridgehead atoms. The third-order valence-corrected chi connectivity index (χ3v) is 3.96. The van der Waals surface area contributed by atoms with Crippen molar-refractivity contribution in [2.24, 2.45) is 7.05 Å². The Kier molecular flexibility index (Phi) is 4.03. The lowest BCUT2D eigenvalue weighted by molar-refractivity contribution is 0.300. The number of halogens is 1. The molecule has 0 aliphatic heterocycles. The lowest BCUT2D eigenvalue weighted by atomic mass is 10.1. The van der Waals surface area contributed by atoms with Gasteiger partial charge in [0.25, 0.3) is 0 Å². The van der Waals surface area contributed by atoms with E-state index in [1.807, 2.05) is 43.7 Å². The van der Waals surface area contributed by atoms with Crippen LogP contribution in [0.15, 0.2) is 55.1 Å². The summed E-state index contributed by atoms with van der Waals surface area (Å²) in [6, 6.07) is 9.17. The van der Waals surface area contributed by atoms with E-state index in [9.17, 15) is 0 Å². The molecule has 7 heteroatoms. The van der Waals surface area contributed by atoms with E-state index in [2.05, 4.69) is 20.1 Å². The maximum atomic E-state index is 5.99. The average molecular weight is 352 g/mol. The van der Waals surface area contributed by atoms with E-state index in [0.29, 0.717) is 11.8 Å². The Morgan fingerprint density at radius 3 is 2.80 bits per heavy atom. The molecule has 0 aliphatic rings. The summed E-state index contributed by atoms with van der Waals surface area (Å²) in [4.78, 5) is 12.8. The zero-order valence-electron chi connectivity index (χ0n) is 13.4. The molecule has 0 saturated heterocycles. The summed E-state index contributed by atoms with van der Waals surface area (Å²) in [6.45, 7) is 0.348. The number of pyridine rings is 3. The molecule has 0 N–H and O–H groups in total. The van der Waals surface area contributed by atoms with Gasteiger partial charge in [0.15, 0.2) is 0 Å². The number of aromatic nitrogens is 5. The van der Waals surface area contributed by atoms with E-state index in [-0.39, 0.29) is 0 Å². The van der Waals surface area contributed by atoms with Crippen LogP contribution >= 0.6 is 11.6 Å². The number of hydrogen-bond acceptors (Lipinski definition) is 5.